The van der Waals surface area contributed by atoms with Gasteiger partial charge in [0.2, 0.25) is 10.0 Å². The van der Waals surface area contributed by atoms with Gasteiger partial charge in [-0.25, -0.2) is 8.42 Å². The molecule has 0 aliphatic heterocycles. The van der Waals surface area contributed by atoms with E-state index in [1.54, 1.807) is 49.6 Å². The Balaban J connectivity index is 1.83. The third-order valence-electron chi connectivity index (χ3n) is 5.71. The minimum atomic E-state index is -3.65. The summed E-state index contributed by atoms with van der Waals surface area (Å²) >= 11 is 12.5. The third-order valence-corrected chi connectivity index (χ3v) is 7.56. The number of methoxy groups -OCH3 is 1. The van der Waals surface area contributed by atoms with Gasteiger partial charge in [0.25, 0.3) is 5.91 Å². The molecule has 6 nitrogen and oxygen atoms in total. The van der Waals surface area contributed by atoms with Crippen molar-refractivity contribution >= 4 is 44.8 Å². The number of hydrogen-bond acceptors (Lipinski definition) is 4. The van der Waals surface area contributed by atoms with Crippen LogP contribution in [0.15, 0.2) is 66.7 Å². The first kappa shape index (κ1) is 27.8. The van der Waals surface area contributed by atoms with Gasteiger partial charge in [0.1, 0.15) is 5.75 Å². The van der Waals surface area contributed by atoms with Crippen LogP contribution in [0.4, 0.5) is 5.69 Å². The highest BCUT2D eigenvalue weighted by Crippen LogP contribution is 2.30. The van der Waals surface area contributed by atoms with Crippen LogP contribution in [0.25, 0.3) is 0 Å². The molecule has 1 atom stereocenters. The summed E-state index contributed by atoms with van der Waals surface area (Å²) < 4.78 is 31.6. The molecule has 0 unspecified atom stereocenters. The van der Waals surface area contributed by atoms with Gasteiger partial charge in [-0.15, -0.1) is 0 Å². The van der Waals surface area contributed by atoms with Crippen LogP contribution in [-0.2, 0) is 16.6 Å². The maximum absolute atomic E-state index is 13.1. The van der Waals surface area contributed by atoms with Gasteiger partial charge >= 0.3 is 0 Å². The van der Waals surface area contributed by atoms with E-state index in [4.69, 9.17) is 27.9 Å². The van der Waals surface area contributed by atoms with E-state index in [1.807, 2.05) is 24.3 Å². The van der Waals surface area contributed by atoms with Gasteiger partial charge < -0.3 is 10.1 Å². The summed E-state index contributed by atoms with van der Waals surface area (Å²) in [7, 11) is -2.04. The largest absolute Gasteiger partial charge is 0.497 e. The summed E-state index contributed by atoms with van der Waals surface area (Å²) in [6.07, 6.45) is 1.88. The van der Waals surface area contributed by atoms with Gasteiger partial charge in [-0.3, -0.25) is 9.10 Å². The average Bonchev–Trinajstić information content (AvgIpc) is 2.82. The van der Waals surface area contributed by atoms with Crippen molar-refractivity contribution in [1.29, 1.82) is 0 Å². The van der Waals surface area contributed by atoms with E-state index >= 15 is 0 Å². The standard InChI is InChI=1S/C27H30Cl2N2O4S/c1-18(2)16-26(19-10-14-22(35-3)15-11-19)30-27(32)20-8-12-21(13-9-20)31(36(4,33)34)17-23-24(28)6-5-7-25(23)29/h5-15,18,26H,16-17H2,1-4H3,(H,30,32)/t26-/m0/s1. The van der Waals surface area contributed by atoms with Gasteiger partial charge in [-0.2, -0.15) is 0 Å². The fourth-order valence-electron chi connectivity index (χ4n) is 3.83. The van der Waals surface area contributed by atoms with Gasteiger partial charge in [-0.1, -0.05) is 55.2 Å². The SMILES string of the molecule is COc1ccc([C@H](CC(C)C)NC(=O)c2ccc(N(Cc3c(Cl)cccc3Cl)S(C)(=O)=O)cc2)cc1. The predicted molar refractivity (Wildman–Crippen MR) is 147 cm³/mol. The first-order valence-electron chi connectivity index (χ1n) is 11.4. The number of rotatable bonds is 10. The van der Waals surface area contributed by atoms with Gasteiger partial charge in [0, 0.05) is 21.2 Å². The molecule has 0 bridgehead atoms. The average molecular weight is 550 g/mol. The molecule has 3 rings (SSSR count). The van der Waals surface area contributed by atoms with Gasteiger partial charge in [-0.05, 0) is 66.4 Å². The van der Waals surface area contributed by atoms with E-state index in [1.165, 1.54) is 4.31 Å². The van der Waals surface area contributed by atoms with E-state index in [0.29, 0.717) is 32.8 Å². The van der Waals surface area contributed by atoms with Crippen LogP contribution in [0, 0.1) is 5.92 Å². The first-order chi connectivity index (χ1) is 17.0. The zero-order valence-corrected chi connectivity index (χ0v) is 23.0. The van der Waals surface area contributed by atoms with E-state index in [9.17, 15) is 13.2 Å². The number of hydrogen-bond donors (Lipinski definition) is 1. The van der Waals surface area contributed by atoms with Crippen molar-refractivity contribution in [3.05, 3.63) is 93.5 Å². The molecular weight excluding hydrogens is 519 g/mol. The van der Waals surface area contributed by atoms with Crippen LogP contribution in [0.2, 0.25) is 10.0 Å². The summed E-state index contributed by atoms with van der Waals surface area (Å²) in [4.78, 5) is 13.1. The molecule has 0 fully saturated rings. The lowest BCUT2D eigenvalue weighted by Crippen LogP contribution is -2.30. The Labute approximate surface area is 223 Å². The highest BCUT2D eigenvalue weighted by Gasteiger charge is 2.22. The summed E-state index contributed by atoms with van der Waals surface area (Å²) in [5, 5.41) is 3.86. The summed E-state index contributed by atoms with van der Waals surface area (Å²) in [5.74, 6) is 0.861. The number of benzene rings is 3. The molecule has 192 valence electrons. The topological polar surface area (TPSA) is 75.7 Å². The lowest BCUT2D eigenvalue weighted by atomic mass is 9.96. The van der Waals surface area contributed by atoms with Crippen LogP contribution in [0.3, 0.4) is 0 Å². The number of carbonyl (C=O) groups is 1. The molecule has 0 saturated carbocycles. The van der Waals surface area contributed by atoms with Crippen molar-refractivity contribution in [1.82, 2.24) is 5.32 Å². The molecular formula is C27H30Cl2N2O4S. The monoisotopic (exact) mass is 548 g/mol. The van der Waals surface area contributed by atoms with Crippen LogP contribution in [-0.4, -0.2) is 27.7 Å². The second kappa shape index (κ2) is 12.0. The fourth-order valence-corrected chi connectivity index (χ4v) is 5.22. The van der Waals surface area contributed by atoms with Crippen molar-refractivity contribution in [2.45, 2.75) is 32.9 Å². The first-order valence-corrected chi connectivity index (χ1v) is 14.1. The summed E-state index contributed by atoms with van der Waals surface area (Å²) in [6, 6.07) is 18.9. The lowest BCUT2D eigenvalue weighted by molar-refractivity contribution is 0.0932. The van der Waals surface area contributed by atoms with Crippen molar-refractivity contribution in [3.8, 4) is 5.75 Å². The van der Waals surface area contributed by atoms with Crippen molar-refractivity contribution < 1.29 is 17.9 Å². The van der Waals surface area contributed by atoms with E-state index in [0.717, 1.165) is 24.0 Å². The minimum absolute atomic E-state index is 0.0309. The number of amides is 1. The molecule has 36 heavy (non-hydrogen) atoms. The molecule has 0 aromatic heterocycles. The Morgan fingerprint density at radius 3 is 2.06 bits per heavy atom. The number of nitrogens with zero attached hydrogens (tertiary/aromatic N) is 1. The number of halogens is 2. The van der Waals surface area contributed by atoms with Crippen molar-refractivity contribution in [3.63, 3.8) is 0 Å². The van der Waals surface area contributed by atoms with Crippen LogP contribution in [0.1, 0.15) is 47.8 Å². The molecule has 3 aromatic rings. The van der Waals surface area contributed by atoms with Crippen LogP contribution in [0.5, 0.6) is 5.75 Å². The molecule has 1 N–H and O–H groups in total. The van der Waals surface area contributed by atoms with Crippen LogP contribution < -0.4 is 14.4 Å². The van der Waals surface area contributed by atoms with Crippen LogP contribution >= 0.6 is 23.2 Å². The summed E-state index contributed by atoms with van der Waals surface area (Å²) in [6.45, 7) is 4.17. The zero-order valence-electron chi connectivity index (χ0n) is 20.7. The number of carbonyl (C=O) groups excluding carboxylic acids is 1. The maximum Gasteiger partial charge on any atom is 0.251 e. The zero-order chi connectivity index (χ0) is 26.5. The molecule has 3 aromatic carbocycles. The second-order valence-corrected chi connectivity index (χ2v) is 11.7. The molecule has 0 spiro atoms. The van der Waals surface area contributed by atoms with Gasteiger partial charge in [0.15, 0.2) is 0 Å². The molecule has 9 heteroatoms. The Morgan fingerprint density at radius 2 is 1.56 bits per heavy atom. The molecule has 0 saturated heterocycles. The van der Waals surface area contributed by atoms with E-state index < -0.39 is 10.0 Å². The summed E-state index contributed by atoms with van der Waals surface area (Å²) in [5.41, 5.74) is 2.31. The molecule has 0 radical (unpaired) electrons. The molecule has 1 amide bonds. The fraction of sp³-hybridized carbons (Fsp3) is 0.296. The van der Waals surface area contributed by atoms with Gasteiger partial charge in [0.05, 0.1) is 31.6 Å². The maximum atomic E-state index is 13.1. The second-order valence-electron chi connectivity index (χ2n) is 8.95. The van der Waals surface area contributed by atoms with E-state index in [-0.39, 0.29) is 18.5 Å². The Hall–Kier alpha value is -2.74. The Morgan fingerprint density at radius 1 is 0.972 bits per heavy atom. The molecule has 0 aliphatic carbocycles. The number of nitrogens with one attached hydrogen (secondary N) is 1. The smallest absolute Gasteiger partial charge is 0.251 e. The normalized spacial score (nSPS) is 12.3. The molecule has 0 heterocycles. The lowest BCUT2D eigenvalue weighted by Gasteiger charge is -2.24. The highest BCUT2D eigenvalue weighted by atomic mass is 35.5. The number of anilines is 1. The Bertz CT molecular complexity index is 1270. The minimum Gasteiger partial charge on any atom is -0.497 e. The van der Waals surface area contributed by atoms with E-state index in [2.05, 4.69) is 19.2 Å². The molecule has 0 aliphatic rings. The highest BCUT2D eigenvalue weighted by molar-refractivity contribution is 7.92. The van der Waals surface area contributed by atoms with Crippen molar-refractivity contribution in [2.24, 2.45) is 5.92 Å². The number of ether oxygens (including phenoxy) is 1. The third kappa shape index (κ3) is 7.15. The Kier molecular flexibility index (Phi) is 9.28. The quantitative estimate of drug-likeness (QED) is 0.314. The van der Waals surface area contributed by atoms with Crippen molar-refractivity contribution in [2.75, 3.05) is 17.7 Å². The number of sulfonamides is 1. The predicted octanol–water partition coefficient (Wildman–Crippen LogP) is 6.49.